The number of hydrogen-bond acceptors (Lipinski definition) is 4. The van der Waals surface area contributed by atoms with E-state index in [2.05, 4.69) is 0 Å². The Morgan fingerprint density at radius 2 is 1.74 bits per heavy atom. The van der Waals surface area contributed by atoms with Gasteiger partial charge >= 0.3 is 5.97 Å². The van der Waals surface area contributed by atoms with Crippen LogP contribution in [0.4, 0.5) is 0 Å². The summed E-state index contributed by atoms with van der Waals surface area (Å²) in [7, 11) is 0. The Bertz CT molecular complexity index is 610. The first kappa shape index (κ1) is 17.3. The second-order valence-electron chi connectivity index (χ2n) is 5.35. The first-order chi connectivity index (χ1) is 10.9. The Balaban J connectivity index is 2.00. The quantitative estimate of drug-likeness (QED) is 0.476. The standard InChI is InChI=1S/C16H19ClN2O4/c1-11(17)15(21)18-6-8-19(9-7-18)16(22)13-4-3-5-14(10-13)23-12(2)20/h3-5,10-11H,6-9H2,1-2H3. The van der Waals surface area contributed by atoms with Crippen molar-refractivity contribution < 1.29 is 19.1 Å². The monoisotopic (exact) mass is 338 g/mol. The van der Waals surface area contributed by atoms with Crippen LogP contribution in [0.3, 0.4) is 0 Å². The van der Waals surface area contributed by atoms with E-state index in [0.717, 1.165) is 0 Å². The van der Waals surface area contributed by atoms with Gasteiger partial charge in [-0.2, -0.15) is 0 Å². The predicted molar refractivity (Wildman–Crippen MR) is 85.5 cm³/mol. The molecule has 124 valence electrons. The first-order valence-electron chi connectivity index (χ1n) is 7.39. The van der Waals surface area contributed by atoms with Gasteiger partial charge in [-0.1, -0.05) is 6.07 Å². The second kappa shape index (κ2) is 7.46. The van der Waals surface area contributed by atoms with Gasteiger partial charge in [0.05, 0.1) is 0 Å². The molecule has 1 unspecified atom stereocenters. The fourth-order valence-corrected chi connectivity index (χ4v) is 2.56. The van der Waals surface area contributed by atoms with Crippen LogP contribution in [0, 0.1) is 0 Å². The van der Waals surface area contributed by atoms with Gasteiger partial charge in [0.1, 0.15) is 11.1 Å². The molecule has 1 fully saturated rings. The smallest absolute Gasteiger partial charge is 0.308 e. The first-order valence-corrected chi connectivity index (χ1v) is 7.82. The van der Waals surface area contributed by atoms with Crippen molar-refractivity contribution in [1.29, 1.82) is 0 Å². The molecule has 0 aliphatic carbocycles. The summed E-state index contributed by atoms with van der Waals surface area (Å²) in [5, 5.41) is -0.558. The molecule has 0 aromatic heterocycles. The van der Waals surface area contributed by atoms with E-state index in [1.54, 1.807) is 41.0 Å². The summed E-state index contributed by atoms with van der Waals surface area (Å²) in [6.45, 7) is 4.78. The lowest BCUT2D eigenvalue weighted by Crippen LogP contribution is -2.52. The summed E-state index contributed by atoms with van der Waals surface area (Å²) in [5.74, 6) is -0.356. The molecule has 1 saturated heterocycles. The maximum absolute atomic E-state index is 12.5. The van der Waals surface area contributed by atoms with E-state index in [4.69, 9.17) is 16.3 Å². The number of rotatable bonds is 3. The Labute approximate surface area is 139 Å². The minimum atomic E-state index is -0.558. The van der Waals surface area contributed by atoms with Gasteiger partial charge in [-0.25, -0.2) is 0 Å². The Hall–Kier alpha value is -2.08. The third-order valence-electron chi connectivity index (χ3n) is 3.56. The van der Waals surface area contributed by atoms with E-state index in [9.17, 15) is 14.4 Å². The average Bonchev–Trinajstić information content (AvgIpc) is 2.53. The lowest BCUT2D eigenvalue weighted by atomic mass is 10.1. The molecule has 1 heterocycles. The summed E-state index contributed by atoms with van der Waals surface area (Å²) in [6, 6.07) is 6.51. The largest absolute Gasteiger partial charge is 0.427 e. The van der Waals surface area contributed by atoms with Crippen LogP contribution in [-0.2, 0) is 9.59 Å². The summed E-state index contributed by atoms with van der Waals surface area (Å²) < 4.78 is 4.99. The number of amides is 2. The van der Waals surface area contributed by atoms with Crippen LogP contribution in [0.1, 0.15) is 24.2 Å². The molecule has 7 heteroatoms. The fraction of sp³-hybridized carbons (Fsp3) is 0.438. The zero-order valence-electron chi connectivity index (χ0n) is 13.1. The number of ether oxygens (including phenoxy) is 1. The minimum Gasteiger partial charge on any atom is -0.427 e. The van der Waals surface area contributed by atoms with Crippen molar-refractivity contribution in [2.75, 3.05) is 26.2 Å². The van der Waals surface area contributed by atoms with Gasteiger partial charge < -0.3 is 14.5 Å². The molecule has 1 aliphatic rings. The molecule has 0 N–H and O–H groups in total. The number of hydrogen-bond donors (Lipinski definition) is 0. The number of esters is 1. The van der Waals surface area contributed by atoms with Crippen molar-refractivity contribution in [3.63, 3.8) is 0 Å². The van der Waals surface area contributed by atoms with Crippen LogP contribution in [-0.4, -0.2) is 59.1 Å². The minimum absolute atomic E-state index is 0.115. The van der Waals surface area contributed by atoms with Gasteiger partial charge in [0, 0.05) is 38.7 Å². The summed E-state index contributed by atoms with van der Waals surface area (Å²) in [4.78, 5) is 38.7. The van der Waals surface area contributed by atoms with Crippen LogP contribution in [0.25, 0.3) is 0 Å². The van der Waals surface area contributed by atoms with E-state index in [0.29, 0.717) is 37.5 Å². The molecular weight excluding hydrogens is 320 g/mol. The maximum Gasteiger partial charge on any atom is 0.308 e. The highest BCUT2D eigenvalue weighted by Gasteiger charge is 2.26. The number of carbonyl (C=O) groups excluding carboxylic acids is 3. The van der Waals surface area contributed by atoms with Crippen LogP contribution in [0.15, 0.2) is 24.3 Å². The van der Waals surface area contributed by atoms with Crippen LogP contribution >= 0.6 is 11.6 Å². The Morgan fingerprint density at radius 1 is 1.13 bits per heavy atom. The number of benzene rings is 1. The van der Waals surface area contributed by atoms with Crippen LogP contribution in [0.5, 0.6) is 5.75 Å². The lowest BCUT2D eigenvalue weighted by molar-refractivity contribution is -0.132. The molecule has 0 bridgehead atoms. The number of alkyl halides is 1. The van der Waals surface area contributed by atoms with Gasteiger partial charge in [-0.05, 0) is 25.1 Å². The topological polar surface area (TPSA) is 66.9 Å². The molecule has 23 heavy (non-hydrogen) atoms. The van der Waals surface area contributed by atoms with Crippen LogP contribution < -0.4 is 4.74 Å². The highest BCUT2D eigenvalue weighted by Crippen LogP contribution is 2.16. The SMILES string of the molecule is CC(=O)Oc1cccc(C(=O)N2CCN(C(=O)C(C)Cl)CC2)c1. The molecule has 0 saturated carbocycles. The van der Waals surface area contributed by atoms with Crippen LogP contribution in [0.2, 0.25) is 0 Å². The molecule has 0 spiro atoms. The van der Waals surface area contributed by atoms with E-state index < -0.39 is 11.3 Å². The van der Waals surface area contributed by atoms with Crippen molar-refractivity contribution in [3.05, 3.63) is 29.8 Å². The third-order valence-corrected chi connectivity index (χ3v) is 3.75. The highest BCUT2D eigenvalue weighted by atomic mass is 35.5. The molecule has 2 amide bonds. The van der Waals surface area contributed by atoms with E-state index in [-0.39, 0.29) is 11.8 Å². The highest BCUT2D eigenvalue weighted by molar-refractivity contribution is 6.30. The molecule has 2 rings (SSSR count). The molecule has 0 radical (unpaired) electrons. The molecule has 1 aliphatic heterocycles. The molecule has 1 atom stereocenters. The van der Waals surface area contributed by atoms with E-state index >= 15 is 0 Å². The molecule has 6 nitrogen and oxygen atoms in total. The van der Waals surface area contributed by atoms with E-state index in [1.165, 1.54) is 6.92 Å². The summed E-state index contributed by atoms with van der Waals surface area (Å²) in [5.41, 5.74) is 0.453. The zero-order chi connectivity index (χ0) is 17.0. The number of carbonyl (C=O) groups is 3. The van der Waals surface area contributed by atoms with Crippen molar-refractivity contribution in [2.24, 2.45) is 0 Å². The van der Waals surface area contributed by atoms with Gasteiger partial charge in [-0.15, -0.1) is 11.6 Å². The Morgan fingerprint density at radius 3 is 2.30 bits per heavy atom. The van der Waals surface area contributed by atoms with Crippen molar-refractivity contribution in [1.82, 2.24) is 9.80 Å². The average molecular weight is 339 g/mol. The van der Waals surface area contributed by atoms with E-state index in [1.807, 2.05) is 0 Å². The van der Waals surface area contributed by atoms with Crippen molar-refractivity contribution in [2.45, 2.75) is 19.2 Å². The molecule has 1 aromatic rings. The number of nitrogens with zero attached hydrogens (tertiary/aromatic N) is 2. The van der Waals surface area contributed by atoms with Crippen molar-refractivity contribution >= 4 is 29.4 Å². The van der Waals surface area contributed by atoms with Crippen molar-refractivity contribution in [3.8, 4) is 5.75 Å². The third kappa shape index (κ3) is 4.45. The Kier molecular flexibility index (Phi) is 5.60. The lowest BCUT2D eigenvalue weighted by Gasteiger charge is -2.35. The zero-order valence-corrected chi connectivity index (χ0v) is 13.9. The van der Waals surface area contributed by atoms with Gasteiger partial charge in [0.15, 0.2) is 0 Å². The summed E-state index contributed by atoms with van der Waals surface area (Å²) >= 11 is 5.80. The normalized spacial score (nSPS) is 16.0. The van der Waals surface area contributed by atoms with Gasteiger partial charge in [0.25, 0.3) is 5.91 Å². The fourth-order valence-electron chi connectivity index (χ4n) is 2.42. The molecule has 1 aromatic carbocycles. The molecular formula is C16H19ClN2O4. The number of piperazine rings is 1. The maximum atomic E-state index is 12.5. The summed E-state index contributed by atoms with van der Waals surface area (Å²) in [6.07, 6.45) is 0. The second-order valence-corrected chi connectivity index (χ2v) is 6.01. The number of halogens is 1. The van der Waals surface area contributed by atoms with Gasteiger partial charge in [0.2, 0.25) is 5.91 Å². The van der Waals surface area contributed by atoms with Gasteiger partial charge in [-0.3, -0.25) is 14.4 Å². The predicted octanol–water partition coefficient (Wildman–Crippen LogP) is 1.52.